The molecule has 1 aliphatic rings. The van der Waals surface area contributed by atoms with Crippen molar-refractivity contribution in [2.45, 2.75) is 32.4 Å². The molecule has 1 fully saturated rings. The van der Waals surface area contributed by atoms with Crippen LogP contribution >= 0.6 is 24.0 Å². The molecule has 0 aromatic heterocycles. The fourth-order valence-electron chi connectivity index (χ4n) is 2.70. The highest BCUT2D eigenvalue weighted by atomic mass is 35.5. The highest BCUT2D eigenvalue weighted by Crippen LogP contribution is 2.21. The molecule has 2 N–H and O–H groups in total. The van der Waals surface area contributed by atoms with Gasteiger partial charge < -0.3 is 15.5 Å². The van der Waals surface area contributed by atoms with Crippen LogP contribution in [0.2, 0.25) is 5.02 Å². The Kier molecular flexibility index (Phi) is 7.82. The van der Waals surface area contributed by atoms with Crippen LogP contribution in [0.5, 0.6) is 0 Å². The summed E-state index contributed by atoms with van der Waals surface area (Å²) in [5.74, 6) is -0.0937. The minimum Gasteiger partial charge on any atom is -0.349 e. The summed E-state index contributed by atoms with van der Waals surface area (Å²) < 4.78 is 0. The van der Waals surface area contributed by atoms with Crippen molar-refractivity contribution in [1.82, 2.24) is 15.5 Å². The molecular formula is C16H23Cl2N3O2. The Bertz CT molecular complexity index is 537. The van der Waals surface area contributed by atoms with E-state index in [1.165, 1.54) is 6.92 Å². The molecule has 0 saturated carbocycles. The molecule has 1 aromatic rings. The second-order valence-corrected chi connectivity index (χ2v) is 6.09. The van der Waals surface area contributed by atoms with Gasteiger partial charge >= 0.3 is 0 Å². The van der Waals surface area contributed by atoms with Gasteiger partial charge in [0.15, 0.2) is 0 Å². The van der Waals surface area contributed by atoms with Gasteiger partial charge in [0.05, 0.1) is 12.5 Å². The van der Waals surface area contributed by atoms with Gasteiger partial charge in [-0.05, 0) is 24.6 Å². The second-order valence-electron chi connectivity index (χ2n) is 5.65. The first kappa shape index (κ1) is 19.7. The van der Waals surface area contributed by atoms with Crippen molar-refractivity contribution in [3.8, 4) is 0 Å². The fraction of sp³-hybridized carbons (Fsp3) is 0.500. The number of piperazine rings is 1. The predicted octanol–water partition coefficient (Wildman–Crippen LogP) is 2.15. The molecule has 0 spiro atoms. The van der Waals surface area contributed by atoms with Crippen molar-refractivity contribution in [2.24, 2.45) is 0 Å². The molecule has 0 radical (unpaired) electrons. The topological polar surface area (TPSA) is 61.4 Å². The number of rotatable bonds is 4. The lowest BCUT2D eigenvalue weighted by atomic mass is 10.0. The first-order chi connectivity index (χ1) is 10.5. The summed E-state index contributed by atoms with van der Waals surface area (Å²) in [4.78, 5) is 25.9. The zero-order valence-electron chi connectivity index (χ0n) is 13.3. The van der Waals surface area contributed by atoms with Crippen molar-refractivity contribution < 1.29 is 9.59 Å². The molecular weight excluding hydrogens is 337 g/mol. The van der Waals surface area contributed by atoms with Crippen LogP contribution in [0.25, 0.3) is 0 Å². The Morgan fingerprint density at radius 1 is 1.39 bits per heavy atom. The average Bonchev–Trinajstić information content (AvgIpc) is 2.47. The smallest absolute Gasteiger partial charge is 0.225 e. The molecule has 1 saturated heterocycles. The number of nitrogens with zero attached hydrogens (tertiary/aromatic N) is 1. The number of hydrogen-bond acceptors (Lipinski definition) is 3. The van der Waals surface area contributed by atoms with Gasteiger partial charge in [0.25, 0.3) is 0 Å². The van der Waals surface area contributed by atoms with Crippen molar-refractivity contribution in [3.05, 3.63) is 34.9 Å². The van der Waals surface area contributed by atoms with Crippen LogP contribution in [0.4, 0.5) is 0 Å². The molecule has 2 amide bonds. The lowest BCUT2D eigenvalue weighted by Crippen LogP contribution is -2.52. The van der Waals surface area contributed by atoms with E-state index in [1.54, 1.807) is 12.1 Å². The lowest BCUT2D eigenvalue weighted by Gasteiger charge is -2.35. The number of halogens is 2. The van der Waals surface area contributed by atoms with E-state index in [0.29, 0.717) is 11.6 Å². The molecule has 1 aromatic carbocycles. The normalized spacial score (nSPS) is 18.7. The third kappa shape index (κ3) is 5.68. The van der Waals surface area contributed by atoms with Crippen LogP contribution in [0, 0.1) is 0 Å². The van der Waals surface area contributed by atoms with Gasteiger partial charge in [-0.1, -0.05) is 23.7 Å². The molecule has 7 heteroatoms. The Morgan fingerprint density at radius 2 is 2.04 bits per heavy atom. The summed E-state index contributed by atoms with van der Waals surface area (Å²) in [6, 6.07) is 7.07. The Hall–Kier alpha value is -1.30. The zero-order chi connectivity index (χ0) is 16.1. The van der Waals surface area contributed by atoms with E-state index in [1.807, 2.05) is 24.0 Å². The van der Waals surface area contributed by atoms with Gasteiger partial charge in [0, 0.05) is 37.6 Å². The molecule has 5 nitrogen and oxygen atoms in total. The third-order valence-corrected chi connectivity index (χ3v) is 4.10. The van der Waals surface area contributed by atoms with Crippen LogP contribution in [-0.2, 0) is 9.59 Å². The molecule has 0 aliphatic carbocycles. The van der Waals surface area contributed by atoms with E-state index in [4.69, 9.17) is 11.6 Å². The number of carbonyl (C=O) groups excluding carboxylic acids is 2. The van der Waals surface area contributed by atoms with E-state index in [9.17, 15) is 9.59 Å². The maximum absolute atomic E-state index is 12.6. The standard InChI is InChI=1S/C16H22ClN3O2.ClH/c1-11-10-18-7-8-20(11)16(22)9-15(19-12(2)21)13-3-5-14(17)6-4-13;/h3-6,11,15,18H,7-10H2,1-2H3,(H,19,21);1H. The molecule has 23 heavy (non-hydrogen) atoms. The Balaban J connectivity index is 0.00000264. The Morgan fingerprint density at radius 3 is 2.61 bits per heavy atom. The number of hydrogen-bond donors (Lipinski definition) is 2. The van der Waals surface area contributed by atoms with Crippen LogP contribution in [-0.4, -0.2) is 42.4 Å². The van der Waals surface area contributed by atoms with E-state index < -0.39 is 0 Å². The zero-order valence-corrected chi connectivity index (χ0v) is 14.9. The van der Waals surface area contributed by atoms with E-state index >= 15 is 0 Å². The summed E-state index contributed by atoms with van der Waals surface area (Å²) in [5, 5.41) is 6.75. The van der Waals surface area contributed by atoms with Crippen molar-refractivity contribution in [1.29, 1.82) is 0 Å². The van der Waals surface area contributed by atoms with Crippen LogP contribution in [0.1, 0.15) is 31.9 Å². The van der Waals surface area contributed by atoms with Crippen molar-refractivity contribution in [2.75, 3.05) is 19.6 Å². The molecule has 1 heterocycles. The number of benzene rings is 1. The van der Waals surface area contributed by atoms with Gasteiger partial charge in [-0.25, -0.2) is 0 Å². The third-order valence-electron chi connectivity index (χ3n) is 3.85. The summed E-state index contributed by atoms with van der Waals surface area (Å²) in [6.45, 7) is 5.80. The maximum atomic E-state index is 12.6. The first-order valence-corrected chi connectivity index (χ1v) is 7.88. The molecule has 0 bridgehead atoms. The number of carbonyl (C=O) groups is 2. The number of amides is 2. The quantitative estimate of drug-likeness (QED) is 0.865. The summed E-state index contributed by atoms with van der Waals surface area (Å²) >= 11 is 5.90. The monoisotopic (exact) mass is 359 g/mol. The lowest BCUT2D eigenvalue weighted by molar-refractivity contribution is -0.134. The molecule has 2 rings (SSSR count). The first-order valence-electron chi connectivity index (χ1n) is 7.50. The molecule has 1 aliphatic heterocycles. The van der Waals surface area contributed by atoms with Gasteiger partial charge in [0.2, 0.25) is 11.8 Å². The van der Waals surface area contributed by atoms with Crippen LogP contribution < -0.4 is 10.6 Å². The molecule has 2 unspecified atom stereocenters. The van der Waals surface area contributed by atoms with Gasteiger partial charge in [0.1, 0.15) is 0 Å². The predicted molar refractivity (Wildman–Crippen MR) is 93.9 cm³/mol. The summed E-state index contributed by atoms with van der Waals surface area (Å²) in [5.41, 5.74) is 0.885. The SMILES string of the molecule is CC(=O)NC(CC(=O)N1CCNCC1C)c1ccc(Cl)cc1.Cl. The van der Waals surface area contributed by atoms with Gasteiger partial charge in [-0.15, -0.1) is 12.4 Å². The van der Waals surface area contributed by atoms with E-state index in [0.717, 1.165) is 18.7 Å². The van der Waals surface area contributed by atoms with Gasteiger partial charge in [-0.2, -0.15) is 0 Å². The van der Waals surface area contributed by atoms with Crippen LogP contribution in [0.3, 0.4) is 0 Å². The highest BCUT2D eigenvalue weighted by molar-refractivity contribution is 6.30. The van der Waals surface area contributed by atoms with Crippen molar-refractivity contribution in [3.63, 3.8) is 0 Å². The highest BCUT2D eigenvalue weighted by Gasteiger charge is 2.26. The number of nitrogens with one attached hydrogen (secondary N) is 2. The minimum absolute atomic E-state index is 0. The van der Waals surface area contributed by atoms with Crippen LogP contribution in [0.15, 0.2) is 24.3 Å². The van der Waals surface area contributed by atoms with Gasteiger partial charge in [-0.3, -0.25) is 9.59 Å². The fourth-order valence-corrected chi connectivity index (χ4v) is 2.82. The Labute approximate surface area is 148 Å². The minimum atomic E-state index is -0.329. The second kappa shape index (κ2) is 9.11. The largest absolute Gasteiger partial charge is 0.349 e. The average molecular weight is 360 g/mol. The summed E-state index contributed by atoms with van der Waals surface area (Å²) in [6.07, 6.45) is 0.256. The van der Waals surface area contributed by atoms with E-state index in [2.05, 4.69) is 10.6 Å². The van der Waals surface area contributed by atoms with E-state index in [-0.39, 0.29) is 42.7 Å². The molecule has 2 atom stereocenters. The summed E-state index contributed by atoms with van der Waals surface area (Å²) in [7, 11) is 0. The van der Waals surface area contributed by atoms with Crippen molar-refractivity contribution >= 4 is 35.8 Å². The maximum Gasteiger partial charge on any atom is 0.225 e. The molecule has 128 valence electrons.